The van der Waals surface area contributed by atoms with Crippen molar-refractivity contribution in [2.45, 2.75) is 12.5 Å². The molecule has 0 unspecified atom stereocenters. The number of nitrogens with one attached hydrogen (secondary N) is 1. The van der Waals surface area contributed by atoms with Crippen molar-refractivity contribution in [2.75, 3.05) is 13.7 Å². The molecule has 1 N–H and O–H groups in total. The van der Waals surface area contributed by atoms with Crippen molar-refractivity contribution in [1.29, 1.82) is 0 Å². The van der Waals surface area contributed by atoms with Crippen LogP contribution in [0.5, 0.6) is 5.75 Å². The fourth-order valence-corrected chi connectivity index (χ4v) is 1.89. The number of alkyl halides is 2. The molecule has 2 nitrogen and oxygen atoms in total. The van der Waals surface area contributed by atoms with Crippen LogP contribution in [0.2, 0.25) is 0 Å². The average Bonchev–Trinajstić information content (AvgIpc) is 2.47. The number of rotatable bonds is 6. The highest BCUT2D eigenvalue weighted by molar-refractivity contribution is 5.29. The summed E-state index contributed by atoms with van der Waals surface area (Å²) in [4.78, 5) is 0. The van der Waals surface area contributed by atoms with Gasteiger partial charge in [0.2, 0.25) is 0 Å². The molecule has 0 fully saturated rings. The summed E-state index contributed by atoms with van der Waals surface area (Å²) in [6.07, 6.45) is 0. The Morgan fingerprint density at radius 2 is 1.80 bits per heavy atom. The highest BCUT2D eigenvalue weighted by Crippen LogP contribution is 2.28. The SMILES string of the molecule is CNCc1cccc(OCC(F)(F)c2ccccc2)c1. The van der Waals surface area contributed by atoms with E-state index in [1.165, 1.54) is 12.1 Å². The molecule has 2 aromatic carbocycles. The predicted octanol–water partition coefficient (Wildman–Crippen LogP) is 3.58. The molecule has 0 bridgehead atoms. The summed E-state index contributed by atoms with van der Waals surface area (Å²) < 4.78 is 33.1. The first-order chi connectivity index (χ1) is 9.62. The Labute approximate surface area is 117 Å². The maximum atomic E-state index is 14.0. The molecule has 0 amide bonds. The number of halogens is 2. The Bertz CT molecular complexity index is 543. The van der Waals surface area contributed by atoms with Crippen molar-refractivity contribution in [3.05, 3.63) is 65.7 Å². The molecule has 0 aliphatic heterocycles. The minimum Gasteiger partial charge on any atom is -0.487 e. The number of hydrogen-bond acceptors (Lipinski definition) is 2. The first-order valence-corrected chi connectivity index (χ1v) is 6.41. The standard InChI is InChI=1S/C16H17F2NO/c1-19-11-13-6-5-9-15(10-13)20-12-16(17,18)14-7-3-2-4-8-14/h2-10,19H,11-12H2,1H3. The van der Waals surface area contributed by atoms with Crippen molar-refractivity contribution >= 4 is 0 Å². The Morgan fingerprint density at radius 1 is 1.05 bits per heavy atom. The zero-order chi connectivity index (χ0) is 14.4. The van der Waals surface area contributed by atoms with E-state index in [9.17, 15) is 8.78 Å². The third-order valence-corrected chi connectivity index (χ3v) is 2.90. The molecule has 0 aliphatic rings. The third kappa shape index (κ3) is 3.78. The van der Waals surface area contributed by atoms with Gasteiger partial charge in [-0.15, -0.1) is 0 Å². The van der Waals surface area contributed by atoms with Gasteiger partial charge in [0.05, 0.1) is 0 Å². The second-order valence-corrected chi connectivity index (χ2v) is 4.54. The van der Waals surface area contributed by atoms with Crippen LogP contribution in [0, 0.1) is 0 Å². The van der Waals surface area contributed by atoms with Crippen molar-refractivity contribution in [1.82, 2.24) is 5.32 Å². The quantitative estimate of drug-likeness (QED) is 0.871. The lowest BCUT2D eigenvalue weighted by Gasteiger charge is -2.17. The maximum absolute atomic E-state index is 14.0. The lowest BCUT2D eigenvalue weighted by molar-refractivity contribution is -0.0467. The van der Waals surface area contributed by atoms with E-state index in [-0.39, 0.29) is 5.56 Å². The number of ether oxygens (including phenoxy) is 1. The second-order valence-electron chi connectivity index (χ2n) is 4.54. The van der Waals surface area contributed by atoms with Crippen LogP contribution in [-0.2, 0) is 12.5 Å². The Morgan fingerprint density at radius 3 is 2.50 bits per heavy atom. The molecular formula is C16H17F2NO. The van der Waals surface area contributed by atoms with Gasteiger partial charge in [-0.1, -0.05) is 42.5 Å². The molecule has 0 aliphatic carbocycles. The van der Waals surface area contributed by atoms with E-state index in [0.717, 1.165) is 5.56 Å². The molecule has 20 heavy (non-hydrogen) atoms. The fraction of sp³-hybridized carbons (Fsp3) is 0.250. The molecule has 0 spiro atoms. The lowest BCUT2D eigenvalue weighted by Crippen LogP contribution is -2.23. The normalized spacial score (nSPS) is 11.3. The summed E-state index contributed by atoms with van der Waals surface area (Å²) in [7, 11) is 1.83. The number of hydrogen-bond donors (Lipinski definition) is 1. The maximum Gasteiger partial charge on any atom is 0.306 e. The summed E-state index contributed by atoms with van der Waals surface area (Å²) in [5, 5.41) is 3.01. The van der Waals surface area contributed by atoms with Crippen LogP contribution in [0.3, 0.4) is 0 Å². The Balaban J connectivity index is 2.02. The minimum absolute atomic E-state index is 0.0358. The summed E-state index contributed by atoms with van der Waals surface area (Å²) in [5.74, 6) is -2.55. The highest BCUT2D eigenvalue weighted by Gasteiger charge is 2.32. The third-order valence-electron chi connectivity index (χ3n) is 2.90. The van der Waals surface area contributed by atoms with Gasteiger partial charge < -0.3 is 10.1 Å². The van der Waals surface area contributed by atoms with Gasteiger partial charge in [0.25, 0.3) is 0 Å². The van der Waals surface area contributed by atoms with Gasteiger partial charge in [0.1, 0.15) is 5.75 Å². The molecule has 106 valence electrons. The first-order valence-electron chi connectivity index (χ1n) is 6.41. The van der Waals surface area contributed by atoms with Gasteiger partial charge >= 0.3 is 5.92 Å². The molecule has 0 atom stereocenters. The van der Waals surface area contributed by atoms with Crippen LogP contribution in [0.1, 0.15) is 11.1 Å². The van der Waals surface area contributed by atoms with Crippen LogP contribution in [0.25, 0.3) is 0 Å². The van der Waals surface area contributed by atoms with Gasteiger partial charge in [-0.25, -0.2) is 0 Å². The molecule has 0 radical (unpaired) electrons. The first kappa shape index (κ1) is 14.5. The van der Waals surface area contributed by atoms with E-state index < -0.39 is 12.5 Å². The molecule has 0 heterocycles. The summed E-state index contributed by atoms with van der Waals surface area (Å²) in [6, 6.07) is 14.9. The van der Waals surface area contributed by atoms with Gasteiger partial charge in [0.15, 0.2) is 6.61 Å². The van der Waals surface area contributed by atoms with Gasteiger partial charge in [-0.3, -0.25) is 0 Å². The van der Waals surface area contributed by atoms with E-state index in [1.807, 2.05) is 13.1 Å². The molecule has 2 aromatic rings. The van der Waals surface area contributed by atoms with Gasteiger partial charge in [-0.05, 0) is 24.7 Å². The van der Waals surface area contributed by atoms with E-state index in [4.69, 9.17) is 4.74 Å². The van der Waals surface area contributed by atoms with Crippen LogP contribution in [0.4, 0.5) is 8.78 Å². The molecule has 0 saturated heterocycles. The fourth-order valence-electron chi connectivity index (χ4n) is 1.89. The summed E-state index contributed by atoms with van der Waals surface area (Å²) in [6.45, 7) is 0.00625. The van der Waals surface area contributed by atoms with E-state index in [1.54, 1.807) is 36.4 Å². The van der Waals surface area contributed by atoms with Crippen molar-refractivity contribution in [3.8, 4) is 5.75 Å². The second kappa shape index (κ2) is 6.48. The van der Waals surface area contributed by atoms with Crippen LogP contribution in [0.15, 0.2) is 54.6 Å². The predicted molar refractivity (Wildman–Crippen MR) is 75.0 cm³/mol. The molecular weight excluding hydrogens is 260 g/mol. The molecule has 0 saturated carbocycles. The molecule has 0 aromatic heterocycles. The lowest BCUT2D eigenvalue weighted by atomic mass is 10.1. The molecule has 4 heteroatoms. The smallest absolute Gasteiger partial charge is 0.306 e. The van der Waals surface area contributed by atoms with Crippen LogP contribution >= 0.6 is 0 Å². The van der Waals surface area contributed by atoms with Gasteiger partial charge in [0, 0.05) is 12.1 Å². The van der Waals surface area contributed by atoms with E-state index >= 15 is 0 Å². The number of benzene rings is 2. The zero-order valence-corrected chi connectivity index (χ0v) is 11.3. The molecule has 2 rings (SSSR count). The summed E-state index contributed by atoms with van der Waals surface area (Å²) in [5.41, 5.74) is 0.958. The van der Waals surface area contributed by atoms with E-state index in [2.05, 4.69) is 5.32 Å². The topological polar surface area (TPSA) is 21.3 Å². The van der Waals surface area contributed by atoms with Crippen molar-refractivity contribution < 1.29 is 13.5 Å². The van der Waals surface area contributed by atoms with Crippen molar-refractivity contribution in [3.63, 3.8) is 0 Å². The highest BCUT2D eigenvalue weighted by atomic mass is 19.3. The average molecular weight is 277 g/mol. The van der Waals surface area contributed by atoms with Crippen LogP contribution < -0.4 is 10.1 Å². The Hall–Kier alpha value is -1.94. The largest absolute Gasteiger partial charge is 0.487 e. The minimum atomic E-state index is -3.00. The van der Waals surface area contributed by atoms with E-state index in [0.29, 0.717) is 12.3 Å². The van der Waals surface area contributed by atoms with Gasteiger partial charge in [-0.2, -0.15) is 8.78 Å². The monoisotopic (exact) mass is 277 g/mol. The summed E-state index contributed by atoms with van der Waals surface area (Å²) >= 11 is 0. The zero-order valence-electron chi connectivity index (χ0n) is 11.3. The van der Waals surface area contributed by atoms with Crippen LogP contribution in [-0.4, -0.2) is 13.7 Å². The van der Waals surface area contributed by atoms with Crippen molar-refractivity contribution in [2.24, 2.45) is 0 Å². The Kier molecular flexibility index (Phi) is 4.69.